The molecular formula is C27H53N3NaO9P. The molecule has 1 saturated heterocycles. The average Bonchev–Trinajstić information content (AvgIpc) is 3.19. The zero-order chi connectivity index (χ0) is 31.1. The van der Waals surface area contributed by atoms with Crippen LogP contribution in [0.1, 0.15) is 116 Å². The van der Waals surface area contributed by atoms with Crippen LogP contribution in [0.15, 0.2) is 17.1 Å². The number of unbranched alkanes of at least 4 members (excludes halogenated alkanes) is 15. The number of aromatic nitrogens is 2. The Morgan fingerprint density at radius 1 is 0.878 bits per heavy atom. The molecule has 0 aliphatic carbocycles. The number of anilines is 1. The molecular weight excluding hydrogens is 564 g/mol. The molecule has 8 N–H and O–H groups in total. The number of aliphatic hydroxyl groups excluding tert-OH is 3. The largest absolute Gasteiger partial charge is 0.466 e. The summed E-state index contributed by atoms with van der Waals surface area (Å²) in [4.78, 5) is 36.6. The molecule has 2 rings (SSSR count). The number of phosphoric acid groups is 1. The maximum atomic E-state index is 11.5. The summed E-state index contributed by atoms with van der Waals surface area (Å²) < 4.78 is 16.6. The van der Waals surface area contributed by atoms with E-state index in [1.165, 1.54) is 147 Å². The topological polar surface area (TPSA) is 209 Å². The van der Waals surface area contributed by atoms with E-state index in [1.54, 1.807) is 0 Å². The van der Waals surface area contributed by atoms with Gasteiger partial charge in [-0.15, -0.1) is 0 Å². The van der Waals surface area contributed by atoms with Gasteiger partial charge in [0.1, 0.15) is 24.1 Å². The number of hydrogen-bond donors (Lipinski definition) is 7. The summed E-state index contributed by atoms with van der Waals surface area (Å²) >= 11 is 1.41. The Labute approximate surface area is 262 Å². The van der Waals surface area contributed by atoms with Gasteiger partial charge < -0.3 is 40.5 Å². The minimum absolute atomic E-state index is 0.0537. The average molecular weight is 618 g/mol. The van der Waals surface area contributed by atoms with E-state index in [0.717, 1.165) is 4.57 Å². The van der Waals surface area contributed by atoms with Crippen molar-refractivity contribution in [3.8, 4) is 0 Å². The molecule has 2 heterocycles. The van der Waals surface area contributed by atoms with Crippen LogP contribution in [0.2, 0.25) is 3.67 Å². The fourth-order valence-electron chi connectivity index (χ4n) is 4.53. The molecule has 0 radical (unpaired) electrons. The summed E-state index contributed by atoms with van der Waals surface area (Å²) in [5.41, 5.74) is 4.63. The monoisotopic (exact) mass is 617 g/mol. The number of nitrogens with two attached hydrogens (primary N) is 1. The summed E-state index contributed by atoms with van der Waals surface area (Å²) in [6, 6.07) is 1.37. The zero-order valence-corrected chi connectivity index (χ0v) is 27.9. The summed E-state index contributed by atoms with van der Waals surface area (Å²) in [6.45, 7) is 1.84. The van der Waals surface area contributed by atoms with Crippen LogP contribution in [0.5, 0.6) is 0 Å². The fraction of sp³-hybridized carbons (Fsp3) is 0.852. The van der Waals surface area contributed by atoms with Crippen LogP contribution in [0.3, 0.4) is 0 Å². The standard InChI is InChI=1S/C18H37.C9H13N3O5.Na.H3O4P/c1-3-5-7-9-11-13-15-17-18-16-14-12-10-8-6-4-2;10-5-1-2-12(9(16)11-5)8-7(15)6(14)4(3-13)17-8;;1-5(2,3)4/h1,3-18H2,2H3;1-2,4,6-8,13-15H,3H2,(H2,10,11,16);;(H3,1,2,3,4)/t;4-,6-,7+,8-;;/m.1../s1. The fourth-order valence-corrected chi connectivity index (χ4v) is 5.03. The molecule has 41 heavy (non-hydrogen) atoms. The predicted molar refractivity (Wildman–Crippen MR) is 160 cm³/mol. The molecule has 12 nitrogen and oxygen atoms in total. The van der Waals surface area contributed by atoms with Gasteiger partial charge in [0.15, 0.2) is 6.23 Å². The van der Waals surface area contributed by atoms with E-state index in [1.807, 2.05) is 0 Å². The van der Waals surface area contributed by atoms with Crippen molar-refractivity contribution in [2.75, 3.05) is 12.3 Å². The quantitative estimate of drug-likeness (QED) is 0.0722. The smallest absolute Gasteiger partial charge is 0.394 e. The molecule has 1 aliphatic heterocycles. The van der Waals surface area contributed by atoms with Crippen molar-refractivity contribution in [3.63, 3.8) is 0 Å². The third-order valence-corrected chi connectivity index (χ3v) is 7.56. The number of nitrogen functional groups attached to an aromatic ring is 1. The maximum Gasteiger partial charge on any atom is 0.466 e. The first-order valence-electron chi connectivity index (χ1n) is 15.2. The summed E-state index contributed by atoms with van der Waals surface area (Å²) in [5, 5.41) is 28.2. The molecule has 0 saturated carbocycles. The first-order chi connectivity index (χ1) is 19.5. The van der Waals surface area contributed by atoms with E-state index in [-0.39, 0.29) is 5.82 Å². The third kappa shape index (κ3) is 21.9. The zero-order valence-electron chi connectivity index (χ0n) is 25.0. The van der Waals surface area contributed by atoms with Crippen molar-refractivity contribution in [2.45, 2.75) is 138 Å². The van der Waals surface area contributed by atoms with Gasteiger partial charge in [-0.1, -0.05) is 39.0 Å². The Morgan fingerprint density at radius 3 is 1.63 bits per heavy atom. The van der Waals surface area contributed by atoms with Crippen molar-refractivity contribution in [1.29, 1.82) is 0 Å². The number of ether oxygens (including phenoxy) is 1. The molecule has 0 bridgehead atoms. The van der Waals surface area contributed by atoms with Gasteiger partial charge >= 0.3 is 116 Å². The molecule has 4 atom stereocenters. The van der Waals surface area contributed by atoms with Crippen molar-refractivity contribution in [1.82, 2.24) is 9.55 Å². The molecule has 14 heteroatoms. The Bertz CT molecular complexity index is 850. The van der Waals surface area contributed by atoms with Gasteiger partial charge in [0.25, 0.3) is 0 Å². The predicted octanol–water partition coefficient (Wildman–Crippen LogP) is 3.34. The van der Waals surface area contributed by atoms with E-state index < -0.39 is 44.7 Å². The Balaban J connectivity index is 0.000000672. The summed E-state index contributed by atoms with van der Waals surface area (Å²) in [7, 11) is -4.64. The van der Waals surface area contributed by atoms with E-state index in [0.29, 0.717) is 0 Å². The first kappa shape index (κ1) is 40.6. The molecule has 1 aromatic rings. The van der Waals surface area contributed by atoms with Crippen molar-refractivity contribution < 1.29 is 39.3 Å². The Morgan fingerprint density at radius 2 is 1.29 bits per heavy atom. The van der Waals surface area contributed by atoms with Crippen LogP contribution in [0, 0.1) is 0 Å². The number of rotatable bonds is 18. The van der Waals surface area contributed by atoms with Gasteiger partial charge in [-0.05, 0) is 6.07 Å². The normalized spacial score (nSPS) is 20.2. The first-order valence-corrected chi connectivity index (χ1v) is 18.2. The van der Waals surface area contributed by atoms with Gasteiger partial charge in [-0.25, -0.2) is 9.36 Å². The molecule has 1 fully saturated rings. The van der Waals surface area contributed by atoms with E-state index in [2.05, 4.69) is 11.9 Å². The van der Waals surface area contributed by atoms with Gasteiger partial charge in [0.05, 0.1) is 6.61 Å². The third-order valence-electron chi connectivity index (χ3n) is 6.85. The second-order valence-electron chi connectivity index (χ2n) is 10.6. The van der Waals surface area contributed by atoms with Crippen molar-refractivity contribution in [2.24, 2.45) is 0 Å². The Kier molecular flexibility index (Phi) is 24.8. The minimum atomic E-state index is -4.64. The van der Waals surface area contributed by atoms with Crippen LogP contribution >= 0.6 is 7.82 Å². The molecule has 1 aliphatic rings. The molecule has 236 valence electrons. The molecule has 1 aromatic heterocycles. The SMILES string of the molecule is CCCCCCCCCCCCCCCCC[CH2][Na].Nc1ccn([C@@H]2O[C@H](CO)[C@@H](O)[C@@H]2O)c(=O)n1.O=P(O)(O)O. The van der Waals surface area contributed by atoms with Crippen LogP contribution in [0.25, 0.3) is 0 Å². The van der Waals surface area contributed by atoms with Gasteiger partial charge in [0.2, 0.25) is 0 Å². The maximum absolute atomic E-state index is 11.5. The molecule has 0 aromatic carbocycles. The van der Waals surface area contributed by atoms with Crippen LogP contribution in [-0.2, 0) is 9.30 Å². The van der Waals surface area contributed by atoms with Crippen LogP contribution in [-0.4, -0.2) is 92.4 Å². The number of nitrogens with zero attached hydrogens (tertiary/aromatic N) is 2. The van der Waals surface area contributed by atoms with E-state index in [9.17, 15) is 15.0 Å². The number of hydrogen-bond acceptors (Lipinski definition) is 8. The number of aliphatic hydroxyl groups is 3. The van der Waals surface area contributed by atoms with Gasteiger partial charge in [0, 0.05) is 6.20 Å². The second kappa shape index (κ2) is 25.0. The van der Waals surface area contributed by atoms with Crippen molar-refractivity contribution in [3.05, 3.63) is 22.7 Å². The molecule has 0 spiro atoms. The summed E-state index contributed by atoms with van der Waals surface area (Å²) in [5.74, 6) is 0.0537. The van der Waals surface area contributed by atoms with Gasteiger partial charge in [-0.2, -0.15) is 4.98 Å². The minimum Gasteiger partial charge on any atom is -0.394 e. The molecule has 0 amide bonds. The Hall–Kier alpha value is -0.370. The van der Waals surface area contributed by atoms with Crippen molar-refractivity contribution >= 4 is 41.6 Å². The molecule has 0 unspecified atom stereocenters. The summed E-state index contributed by atoms with van der Waals surface area (Å²) in [6.07, 6.45) is 20.5. The van der Waals surface area contributed by atoms with Gasteiger partial charge in [-0.3, -0.25) is 4.57 Å². The van der Waals surface area contributed by atoms with Crippen LogP contribution < -0.4 is 11.4 Å². The van der Waals surface area contributed by atoms with E-state index in [4.69, 9.17) is 34.8 Å². The van der Waals surface area contributed by atoms with Crippen LogP contribution in [0.4, 0.5) is 5.82 Å². The van der Waals surface area contributed by atoms with E-state index >= 15 is 0 Å². The second-order valence-corrected chi connectivity index (χ2v) is 12.6.